The Hall–Kier alpha value is -1.56. The Morgan fingerprint density at radius 1 is 1.19 bits per heavy atom. The fourth-order valence-electron chi connectivity index (χ4n) is 2.45. The third-order valence-electron chi connectivity index (χ3n) is 3.45. The number of nitrogens with one attached hydrogen (secondary N) is 1. The van der Waals surface area contributed by atoms with E-state index in [2.05, 4.69) is 10.3 Å². The Bertz CT molecular complexity index is 643. The zero-order chi connectivity index (χ0) is 14.9. The maximum atomic E-state index is 6.00. The lowest BCUT2D eigenvalue weighted by Gasteiger charge is -2.28. The topological polar surface area (TPSA) is 43.4 Å². The normalized spacial score (nSPS) is 16.9. The van der Waals surface area contributed by atoms with Crippen LogP contribution in [0, 0.1) is 0 Å². The van der Waals surface area contributed by atoms with Crippen molar-refractivity contribution in [2.24, 2.45) is 0 Å². The number of benzene rings is 1. The fourth-order valence-corrected chi connectivity index (χ4v) is 2.58. The second-order valence-electron chi connectivity index (χ2n) is 4.73. The van der Waals surface area contributed by atoms with Crippen LogP contribution in [-0.2, 0) is 15.3 Å². The number of hydrogen-bond donors (Lipinski definition) is 1. The molecule has 4 nitrogen and oxygen atoms in total. The van der Waals surface area contributed by atoms with Crippen LogP contribution >= 0.6 is 11.6 Å². The molecule has 0 spiro atoms. The molecule has 6 heteroatoms. The second-order valence-corrected chi connectivity index (χ2v) is 5.17. The van der Waals surface area contributed by atoms with E-state index >= 15 is 0 Å². The molecule has 2 heterocycles. The van der Waals surface area contributed by atoms with Crippen molar-refractivity contribution in [2.45, 2.75) is 5.79 Å². The molecule has 106 valence electrons. The molecule has 2 aromatic rings. The average Bonchev–Trinajstić information content (AvgIpc) is 2.98. The Kier molecular flexibility index (Phi) is 3.89. The van der Waals surface area contributed by atoms with E-state index in [0.29, 0.717) is 29.5 Å². The number of halogens is 1. The van der Waals surface area contributed by atoms with Gasteiger partial charge in [-0.15, -0.1) is 0 Å². The molecule has 1 aromatic carbocycles. The fraction of sp³-hybridized carbons (Fsp3) is 0.267. The molecule has 1 aliphatic heterocycles. The number of ether oxygens (including phenoxy) is 2. The van der Waals surface area contributed by atoms with Crippen molar-refractivity contribution in [3.05, 3.63) is 52.7 Å². The third kappa shape index (κ3) is 2.53. The lowest BCUT2D eigenvalue weighted by atomic mass is 9.91. The minimum Gasteiger partial charge on any atom is -0.374 e. The van der Waals surface area contributed by atoms with Crippen LogP contribution in [-0.4, -0.2) is 33.1 Å². The van der Waals surface area contributed by atoms with Crippen molar-refractivity contribution < 1.29 is 9.47 Å². The number of rotatable bonds is 3. The molecule has 21 heavy (non-hydrogen) atoms. The monoisotopic (exact) mass is 300 g/mol. The van der Waals surface area contributed by atoms with Gasteiger partial charge in [0, 0.05) is 29.4 Å². The Morgan fingerprint density at radius 2 is 1.86 bits per heavy atom. The standard InChI is InChI=1S/C15H14BClN2O2/c1-18-14-13(16)8-11(9-19-14)15(20-6-7-21-15)10-2-4-12(17)5-3-10/h2-5,8-9H,6-7H2,1H3,(H,18,19). The molecule has 0 atom stereocenters. The van der Waals surface area contributed by atoms with E-state index in [1.54, 1.807) is 13.2 Å². The molecule has 1 aliphatic rings. The smallest absolute Gasteiger partial charge is 0.224 e. The summed E-state index contributed by atoms with van der Waals surface area (Å²) < 4.78 is 11.8. The Labute approximate surface area is 129 Å². The first-order valence-electron chi connectivity index (χ1n) is 6.63. The summed E-state index contributed by atoms with van der Waals surface area (Å²) in [7, 11) is 7.78. The summed E-state index contributed by atoms with van der Waals surface area (Å²) in [5.41, 5.74) is 2.17. The number of aromatic nitrogens is 1. The summed E-state index contributed by atoms with van der Waals surface area (Å²) >= 11 is 5.95. The van der Waals surface area contributed by atoms with Crippen molar-refractivity contribution in [3.8, 4) is 0 Å². The van der Waals surface area contributed by atoms with E-state index < -0.39 is 5.79 Å². The molecule has 0 amide bonds. The predicted molar refractivity (Wildman–Crippen MR) is 83.3 cm³/mol. The highest BCUT2D eigenvalue weighted by atomic mass is 35.5. The molecule has 0 saturated carbocycles. The van der Waals surface area contributed by atoms with Gasteiger partial charge >= 0.3 is 0 Å². The summed E-state index contributed by atoms with van der Waals surface area (Å²) in [6.07, 6.45) is 1.71. The van der Waals surface area contributed by atoms with Crippen LogP contribution < -0.4 is 10.8 Å². The summed E-state index contributed by atoms with van der Waals surface area (Å²) in [4.78, 5) is 4.31. The number of pyridine rings is 1. The minimum absolute atomic E-state index is 0.510. The van der Waals surface area contributed by atoms with E-state index in [1.807, 2.05) is 30.3 Å². The van der Waals surface area contributed by atoms with Crippen molar-refractivity contribution in [1.82, 2.24) is 4.98 Å². The average molecular weight is 301 g/mol. The lowest BCUT2D eigenvalue weighted by Crippen LogP contribution is -2.30. The maximum Gasteiger partial charge on any atom is 0.224 e. The van der Waals surface area contributed by atoms with Crippen LogP contribution in [0.4, 0.5) is 5.82 Å². The molecule has 0 aliphatic carbocycles. The van der Waals surface area contributed by atoms with Gasteiger partial charge in [0.2, 0.25) is 5.79 Å². The SMILES string of the molecule is [B]c1cc(C2(c3ccc(Cl)cc3)OCCO2)cnc1NC. The van der Waals surface area contributed by atoms with E-state index in [-0.39, 0.29) is 0 Å². The minimum atomic E-state index is -0.974. The number of anilines is 1. The first kappa shape index (κ1) is 14.4. The molecule has 3 rings (SSSR count). The van der Waals surface area contributed by atoms with Gasteiger partial charge in [0.15, 0.2) is 0 Å². The predicted octanol–water partition coefficient (Wildman–Crippen LogP) is 1.82. The quantitative estimate of drug-likeness (QED) is 0.878. The van der Waals surface area contributed by atoms with Crippen LogP contribution in [0.5, 0.6) is 0 Å². The van der Waals surface area contributed by atoms with Crippen LogP contribution in [0.1, 0.15) is 11.1 Å². The van der Waals surface area contributed by atoms with Gasteiger partial charge < -0.3 is 14.8 Å². The molecular weight excluding hydrogens is 286 g/mol. The Balaban J connectivity index is 2.09. The van der Waals surface area contributed by atoms with Crippen LogP contribution in [0.2, 0.25) is 5.02 Å². The van der Waals surface area contributed by atoms with Gasteiger partial charge in [-0.25, -0.2) is 4.98 Å². The highest BCUT2D eigenvalue weighted by Gasteiger charge is 2.41. The highest BCUT2D eigenvalue weighted by molar-refractivity contribution is 6.35. The van der Waals surface area contributed by atoms with Gasteiger partial charge in [0.1, 0.15) is 13.7 Å². The van der Waals surface area contributed by atoms with Gasteiger partial charge in [-0.05, 0) is 12.1 Å². The molecule has 2 radical (unpaired) electrons. The summed E-state index contributed by atoms with van der Waals surface area (Å²) in [6, 6.07) is 9.20. The van der Waals surface area contributed by atoms with Gasteiger partial charge in [-0.1, -0.05) is 35.3 Å². The van der Waals surface area contributed by atoms with E-state index in [1.165, 1.54) is 0 Å². The maximum absolute atomic E-state index is 6.00. The summed E-state index contributed by atoms with van der Waals surface area (Å²) in [5.74, 6) is -0.346. The second kappa shape index (κ2) is 5.68. The molecule has 1 N–H and O–H groups in total. The van der Waals surface area contributed by atoms with E-state index in [9.17, 15) is 0 Å². The van der Waals surface area contributed by atoms with Crippen molar-refractivity contribution in [1.29, 1.82) is 0 Å². The molecule has 1 fully saturated rings. The first-order chi connectivity index (χ1) is 10.2. The summed E-state index contributed by atoms with van der Waals surface area (Å²) in [5, 5.41) is 3.60. The zero-order valence-electron chi connectivity index (χ0n) is 11.6. The first-order valence-corrected chi connectivity index (χ1v) is 7.01. The zero-order valence-corrected chi connectivity index (χ0v) is 12.4. The van der Waals surface area contributed by atoms with Gasteiger partial charge in [-0.2, -0.15) is 0 Å². The van der Waals surface area contributed by atoms with Gasteiger partial charge in [0.25, 0.3) is 0 Å². The molecule has 0 bridgehead atoms. The van der Waals surface area contributed by atoms with Crippen molar-refractivity contribution in [3.63, 3.8) is 0 Å². The number of hydrogen-bond acceptors (Lipinski definition) is 4. The molecule has 1 saturated heterocycles. The molecular formula is C15H14BClN2O2. The van der Waals surface area contributed by atoms with Gasteiger partial charge in [-0.3, -0.25) is 0 Å². The highest BCUT2D eigenvalue weighted by Crippen LogP contribution is 2.38. The largest absolute Gasteiger partial charge is 0.374 e. The van der Waals surface area contributed by atoms with Crippen LogP contribution in [0.3, 0.4) is 0 Å². The Morgan fingerprint density at radius 3 is 2.43 bits per heavy atom. The van der Waals surface area contributed by atoms with Crippen molar-refractivity contribution >= 4 is 30.7 Å². The van der Waals surface area contributed by atoms with Gasteiger partial charge in [0.05, 0.1) is 13.2 Å². The van der Waals surface area contributed by atoms with Crippen LogP contribution in [0.15, 0.2) is 36.5 Å². The number of nitrogens with zero attached hydrogens (tertiary/aromatic N) is 1. The van der Waals surface area contributed by atoms with E-state index in [4.69, 9.17) is 28.9 Å². The summed E-state index contributed by atoms with van der Waals surface area (Å²) in [6.45, 7) is 1.02. The lowest BCUT2D eigenvalue weighted by molar-refractivity contribution is -0.130. The van der Waals surface area contributed by atoms with Crippen molar-refractivity contribution in [2.75, 3.05) is 25.6 Å². The molecule has 1 aromatic heterocycles. The third-order valence-corrected chi connectivity index (χ3v) is 3.70. The molecule has 0 unspecified atom stereocenters. The van der Waals surface area contributed by atoms with Crippen LogP contribution in [0.25, 0.3) is 0 Å². The van der Waals surface area contributed by atoms with E-state index in [0.717, 1.165) is 11.1 Å².